The summed E-state index contributed by atoms with van der Waals surface area (Å²) in [5.41, 5.74) is 2.00. The molecule has 0 unspecified atom stereocenters. The van der Waals surface area contributed by atoms with Crippen molar-refractivity contribution in [1.82, 2.24) is 15.0 Å². The normalized spacial score (nSPS) is 16.3. The van der Waals surface area contributed by atoms with Gasteiger partial charge in [0.2, 0.25) is 17.5 Å². The summed E-state index contributed by atoms with van der Waals surface area (Å²) in [6.07, 6.45) is 0.967. The van der Waals surface area contributed by atoms with E-state index in [9.17, 15) is 0 Å². The smallest absolute Gasteiger partial charge is 0.231 e. The van der Waals surface area contributed by atoms with E-state index in [0.29, 0.717) is 29.0 Å². The highest BCUT2D eigenvalue weighted by Gasteiger charge is 2.29. The summed E-state index contributed by atoms with van der Waals surface area (Å²) in [6.45, 7) is 2.56. The molecule has 8 heteroatoms. The molecule has 0 saturated carbocycles. The van der Waals surface area contributed by atoms with Crippen molar-refractivity contribution in [2.24, 2.45) is 0 Å². The van der Waals surface area contributed by atoms with Crippen LogP contribution in [0.25, 0.3) is 11.4 Å². The number of rotatable bonds is 8. The van der Waals surface area contributed by atoms with Crippen molar-refractivity contribution in [3.63, 3.8) is 0 Å². The Hall–Kier alpha value is -3.26. The topological polar surface area (TPSA) is 79.1 Å². The van der Waals surface area contributed by atoms with Crippen molar-refractivity contribution in [2.45, 2.75) is 18.9 Å². The van der Waals surface area contributed by atoms with E-state index in [0.717, 1.165) is 42.9 Å². The van der Waals surface area contributed by atoms with Crippen LogP contribution in [0.4, 0.5) is 0 Å². The van der Waals surface area contributed by atoms with E-state index >= 15 is 0 Å². The van der Waals surface area contributed by atoms with Gasteiger partial charge in [0.05, 0.1) is 34.4 Å². The van der Waals surface area contributed by atoms with Gasteiger partial charge in [0.1, 0.15) is 5.75 Å². The standard InChI is InChI=1S/C23H27N3O5/c1-27-18-7-5-16(6-8-18)22-24-23(31-25-22)17-9-10-26(14-17)13-15-11-19(28-2)21(30-4)20(12-15)29-3/h5-8,11-12,17H,9-10,13-14H2,1-4H3/t17-/m0/s1. The van der Waals surface area contributed by atoms with Crippen LogP contribution in [-0.4, -0.2) is 56.6 Å². The molecular weight excluding hydrogens is 398 g/mol. The van der Waals surface area contributed by atoms with Crippen molar-refractivity contribution in [2.75, 3.05) is 41.5 Å². The molecule has 164 valence electrons. The summed E-state index contributed by atoms with van der Waals surface area (Å²) in [5, 5.41) is 4.17. The van der Waals surface area contributed by atoms with E-state index in [1.54, 1.807) is 28.4 Å². The van der Waals surface area contributed by atoms with Gasteiger partial charge in [0, 0.05) is 18.7 Å². The van der Waals surface area contributed by atoms with Gasteiger partial charge in [-0.2, -0.15) is 4.98 Å². The molecule has 31 heavy (non-hydrogen) atoms. The van der Waals surface area contributed by atoms with Gasteiger partial charge in [0.25, 0.3) is 0 Å². The van der Waals surface area contributed by atoms with Gasteiger partial charge in [-0.3, -0.25) is 4.90 Å². The maximum absolute atomic E-state index is 5.59. The average molecular weight is 425 g/mol. The number of nitrogens with zero attached hydrogens (tertiary/aromatic N) is 3. The van der Waals surface area contributed by atoms with Crippen molar-refractivity contribution in [1.29, 1.82) is 0 Å². The van der Waals surface area contributed by atoms with Crippen LogP contribution in [0.3, 0.4) is 0 Å². The minimum absolute atomic E-state index is 0.210. The first-order valence-electron chi connectivity index (χ1n) is 10.1. The molecule has 4 rings (SSSR count). The molecule has 0 spiro atoms. The molecule has 1 fully saturated rings. The third-order valence-corrected chi connectivity index (χ3v) is 5.54. The first-order valence-corrected chi connectivity index (χ1v) is 10.1. The summed E-state index contributed by atoms with van der Waals surface area (Å²) in [6, 6.07) is 11.6. The molecule has 1 aliphatic heterocycles. The Morgan fingerprint density at radius 3 is 2.29 bits per heavy atom. The summed E-state index contributed by atoms with van der Waals surface area (Å²) in [7, 11) is 6.51. The van der Waals surface area contributed by atoms with Gasteiger partial charge in [-0.05, 0) is 54.9 Å². The first kappa shape index (κ1) is 21.0. The molecule has 1 aromatic heterocycles. The number of benzene rings is 2. The quantitative estimate of drug-likeness (QED) is 0.540. The lowest BCUT2D eigenvalue weighted by atomic mass is 10.1. The zero-order chi connectivity index (χ0) is 21.8. The number of aromatic nitrogens is 2. The SMILES string of the molecule is COc1ccc(-c2noc([C@H]3CCN(Cc4cc(OC)c(OC)c(OC)c4)C3)n2)cc1. The third-order valence-electron chi connectivity index (χ3n) is 5.54. The summed E-state index contributed by atoms with van der Waals surface area (Å²) in [4.78, 5) is 7.00. The fourth-order valence-electron chi connectivity index (χ4n) is 3.92. The highest BCUT2D eigenvalue weighted by Crippen LogP contribution is 2.39. The second-order valence-corrected chi connectivity index (χ2v) is 7.44. The lowest BCUT2D eigenvalue weighted by molar-refractivity contribution is 0.303. The van der Waals surface area contributed by atoms with Crippen LogP contribution in [0.15, 0.2) is 40.9 Å². The minimum Gasteiger partial charge on any atom is -0.497 e. The molecule has 0 amide bonds. The summed E-state index contributed by atoms with van der Waals surface area (Å²) in [5.74, 6) is 4.21. The van der Waals surface area contributed by atoms with E-state index in [1.165, 1.54) is 0 Å². The fraction of sp³-hybridized carbons (Fsp3) is 0.391. The maximum atomic E-state index is 5.59. The highest BCUT2D eigenvalue weighted by atomic mass is 16.5. The van der Waals surface area contributed by atoms with Crippen LogP contribution in [0.1, 0.15) is 23.8 Å². The summed E-state index contributed by atoms with van der Waals surface area (Å²) >= 11 is 0. The number of hydrogen-bond donors (Lipinski definition) is 0. The Bertz CT molecular complexity index is 993. The molecule has 2 aromatic carbocycles. The van der Waals surface area contributed by atoms with Crippen LogP contribution in [0.2, 0.25) is 0 Å². The first-order chi connectivity index (χ1) is 15.1. The molecule has 8 nitrogen and oxygen atoms in total. The molecule has 0 radical (unpaired) electrons. The predicted molar refractivity (Wildman–Crippen MR) is 115 cm³/mol. The largest absolute Gasteiger partial charge is 0.497 e. The van der Waals surface area contributed by atoms with E-state index < -0.39 is 0 Å². The molecule has 0 bridgehead atoms. The Labute approximate surface area is 181 Å². The van der Waals surface area contributed by atoms with Crippen molar-refractivity contribution < 1.29 is 23.5 Å². The van der Waals surface area contributed by atoms with Crippen molar-refractivity contribution >= 4 is 0 Å². The van der Waals surface area contributed by atoms with Gasteiger partial charge < -0.3 is 23.5 Å². The van der Waals surface area contributed by atoms with Crippen LogP contribution < -0.4 is 18.9 Å². The van der Waals surface area contributed by atoms with E-state index in [4.69, 9.17) is 23.5 Å². The van der Waals surface area contributed by atoms with Crippen molar-refractivity contribution in [3.05, 3.63) is 47.9 Å². The van der Waals surface area contributed by atoms with Crippen LogP contribution in [-0.2, 0) is 6.54 Å². The molecular formula is C23H27N3O5. The lowest BCUT2D eigenvalue weighted by Crippen LogP contribution is -2.20. The molecule has 1 saturated heterocycles. The van der Waals surface area contributed by atoms with E-state index in [-0.39, 0.29) is 5.92 Å². The number of hydrogen-bond acceptors (Lipinski definition) is 8. The van der Waals surface area contributed by atoms with E-state index in [2.05, 4.69) is 15.0 Å². The zero-order valence-corrected chi connectivity index (χ0v) is 18.3. The maximum Gasteiger partial charge on any atom is 0.231 e. The second-order valence-electron chi connectivity index (χ2n) is 7.44. The van der Waals surface area contributed by atoms with Crippen LogP contribution >= 0.6 is 0 Å². The van der Waals surface area contributed by atoms with Crippen LogP contribution in [0.5, 0.6) is 23.0 Å². The van der Waals surface area contributed by atoms with Gasteiger partial charge in [0.15, 0.2) is 11.5 Å². The molecule has 0 N–H and O–H groups in total. The molecule has 1 aliphatic rings. The van der Waals surface area contributed by atoms with Gasteiger partial charge >= 0.3 is 0 Å². The van der Waals surface area contributed by atoms with Crippen LogP contribution in [0, 0.1) is 0 Å². The predicted octanol–water partition coefficient (Wildman–Crippen LogP) is 3.76. The number of ether oxygens (including phenoxy) is 4. The zero-order valence-electron chi connectivity index (χ0n) is 18.3. The Morgan fingerprint density at radius 2 is 1.68 bits per heavy atom. The minimum atomic E-state index is 0.210. The summed E-state index contributed by atoms with van der Waals surface area (Å²) < 4.78 is 27.1. The highest BCUT2D eigenvalue weighted by molar-refractivity contribution is 5.56. The number of methoxy groups -OCH3 is 4. The molecule has 2 heterocycles. The molecule has 0 aliphatic carbocycles. The van der Waals surface area contributed by atoms with Gasteiger partial charge in [-0.15, -0.1) is 0 Å². The molecule has 3 aromatic rings. The Balaban J connectivity index is 1.44. The third kappa shape index (κ3) is 4.44. The Morgan fingerprint density at radius 1 is 0.968 bits per heavy atom. The average Bonchev–Trinajstić information content (AvgIpc) is 3.48. The van der Waals surface area contributed by atoms with Crippen molar-refractivity contribution in [3.8, 4) is 34.4 Å². The van der Waals surface area contributed by atoms with Gasteiger partial charge in [-0.1, -0.05) is 5.16 Å². The number of likely N-dealkylation sites (tertiary alicyclic amines) is 1. The lowest BCUT2D eigenvalue weighted by Gasteiger charge is -2.18. The Kier molecular flexibility index (Phi) is 6.27. The van der Waals surface area contributed by atoms with E-state index in [1.807, 2.05) is 36.4 Å². The monoisotopic (exact) mass is 425 g/mol. The fourth-order valence-corrected chi connectivity index (χ4v) is 3.92. The van der Waals surface area contributed by atoms with Gasteiger partial charge in [-0.25, -0.2) is 0 Å². The molecule has 1 atom stereocenters. The second kappa shape index (κ2) is 9.26.